The second kappa shape index (κ2) is 6.24. The van der Waals surface area contributed by atoms with E-state index in [0.717, 1.165) is 5.56 Å². The van der Waals surface area contributed by atoms with Gasteiger partial charge in [-0.2, -0.15) is 5.26 Å². The van der Waals surface area contributed by atoms with Crippen LogP contribution < -0.4 is 4.72 Å². The molecule has 112 valence electrons. The van der Waals surface area contributed by atoms with Crippen molar-refractivity contribution in [3.63, 3.8) is 0 Å². The van der Waals surface area contributed by atoms with Crippen LogP contribution in [-0.4, -0.2) is 37.6 Å². The maximum atomic E-state index is 12.2. The first-order valence-corrected chi connectivity index (χ1v) is 8.38. The molecule has 0 radical (unpaired) electrons. The monoisotopic (exact) mass is 307 g/mol. The third-order valence-electron chi connectivity index (χ3n) is 3.43. The summed E-state index contributed by atoms with van der Waals surface area (Å²) in [7, 11) is -3.38. The van der Waals surface area contributed by atoms with Gasteiger partial charge in [-0.3, -0.25) is 4.79 Å². The number of likely N-dealkylation sites (tertiary alicyclic amines) is 1. The molecule has 0 aliphatic carbocycles. The van der Waals surface area contributed by atoms with Crippen LogP contribution in [0.2, 0.25) is 0 Å². The fourth-order valence-electron chi connectivity index (χ4n) is 2.26. The molecule has 0 unspecified atom stereocenters. The van der Waals surface area contributed by atoms with Crippen molar-refractivity contribution < 1.29 is 13.2 Å². The highest BCUT2D eigenvalue weighted by Gasteiger charge is 2.33. The summed E-state index contributed by atoms with van der Waals surface area (Å²) in [5.41, 5.74) is 1.41. The van der Waals surface area contributed by atoms with Crippen LogP contribution in [0.1, 0.15) is 24.5 Å². The van der Waals surface area contributed by atoms with Crippen LogP contribution >= 0.6 is 0 Å². The highest BCUT2D eigenvalue weighted by Crippen LogP contribution is 2.16. The van der Waals surface area contributed by atoms with E-state index in [1.54, 1.807) is 23.1 Å². The molecule has 1 atom stereocenters. The molecule has 1 saturated heterocycles. The molecule has 2 rings (SSSR count). The first-order valence-electron chi connectivity index (χ1n) is 6.73. The number of hydrogen-bond acceptors (Lipinski definition) is 4. The Balaban J connectivity index is 2.03. The average molecular weight is 307 g/mol. The number of rotatable bonds is 5. The molecule has 1 aliphatic rings. The molecule has 1 N–H and O–H groups in total. The van der Waals surface area contributed by atoms with E-state index in [-0.39, 0.29) is 11.7 Å². The second-order valence-electron chi connectivity index (χ2n) is 4.93. The number of carbonyl (C=O) groups excluding carboxylic acids is 1. The molecule has 0 spiro atoms. The summed E-state index contributed by atoms with van der Waals surface area (Å²) in [5.74, 6) is -0.254. The Morgan fingerprint density at radius 1 is 1.48 bits per heavy atom. The Hall–Kier alpha value is -1.91. The lowest BCUT2D eigenvalue weighted by Crippen LogP contribution is -2.41. The van der Waals surface area contributed by atoms with Gasteiger partial charge in [-0.1, -0.05) is 12.1 Å². The van der Waals surface area contributed by atoms with Crippen molar-refractivity contribution in [1.29, 1.82) is 5.26 Å². The van der Waals surface area contributed by atoms with Crippen LogP contribution in [0.15, 0.2) is 24.3 Å². The van der Waals surface area contributed by atoms with Crippen molar-refractivity contribution in [2.75, 3.05) is 12.3 Å². The van der Waals surface area contributed by atoms with Crippen molar-refractivity contribution in [3.8, 4) is 6.07 Å². The Morgan fingerprint density at radius 2 is 2.24 bits per heavy atom. The van der Waals surface area contributed by atoms with E-state index >= 15 is 0 Å². The van der Waals surface area contributed by atoms with Gasteiger partial charge >= 0.3 is 0 Å². The van der Waals surface area contributed by atoms with Crippen molar-refractivity contribution >= 4 is 15.9 Å². The summed E-state index contributed by atoms with van der Waals surface area (Å²) in [5, 5.41) is 8.86. The quantitative estimate of drug-likeness (QED) is 0.862. The van der Waals surface area contributed by atoms with Crippen molar-refractivity contribution in [2.45, 2.75) is 25.9 Å². The summed E-state index contributed by atoms with van der Waals surface area (Å²) in [6.07, 6.45) is 0.468. The van der Waals surface area contributed by atoms with Gasteiger partial charge in [0.15, 0.2) is 0 Å². The maximum Gasteiger partial charge on any atom is 0.241 e. The van der Waals surface area contributed by atoms with Crippen LogP contribution in [0.4, 0.5) is 0 Å². The first kappa shape index (κ1) is 15.5. The minimum atomic E-state index is -3.38. The summed E-state index contributed by atoms with van der Waals surface area (Å²) in [4.78, 5) is 13.8. The molecule has 1 aromatic rings. The zero-order valence-corrected chi connectivity index (χ0v) is 12.6. The standard InChI is InChI=1S/C14H17N3O3S/c1-2-21(19,20)16-13-6-7-17(14(13)18)10-12-5-3-4-11(8-12)9-15/h3-5,8,13,16H,2,6-7,10H2,1H3/t13-/m0/s1. The molecule has 0 aromatic heterocycles. The zero-order chi connectivity index (χ0) is 15.5. The Morgan fingerprint density at radius 3 is 2.90 bits per heavy atom. The van der Waals surface area contributed by atoms with Crippen LogP contribution in [0.5, 0.6) is 0 Å². The van der Waals surface area contributed by atoms with Crippen LogP contribution in [0, 0.1) is 11.3 Å². The highest BCUT2D eigenvalue weighted by molar-refractivity contribution is 7.89. The van der Waals surface area contributed by atoms with E-state index in [1.807, 2.05) is 6.07 Å². The van der Waals surface area contributed by atoms with E-state index in [4.69, 9.17) is 5.26 Å². The normalized spacial score (nSPS) is 18.8. The predicted molar refractivity (Wildman–Crippen MR) is 77.6 cm³/mol. The molecular formula is C14H17N3O3S. The van der Waals surface area contributed by atoms with E-state index in [2.05, 4.69) is 10.8 Å². The predicted octanol–water partition coefficient (Wildman–Crippen LogP) is 0.598. The van der Waals surface area contributed by atoms with Gasteiger partial charge in [0.1, 0.15) is 6.04 Å². The smallest absolute Gasteiger partial charge is 0.241 e. The van der Waals surface area contributed by atoms with Crippen molar-refractivity contribution in [1.82, 2.24) is 9.62 Å². The number of nitrogens with zero attached hydrogens (tertiary/aromatic N) is 2. The third kappa shape index (κ3) is 3.80. The lowest BCUT2D eigenvalue weighted by atomic mass is 10.1. The third-order valence-corrected chi connectivity index (χ3v) is 4.83. The molecule has 1 heterocycles. The molecular weight excluding hydrogens is 290 g/mol. The largest absolute Gasteiger partial charge is 0.337 e. The van der Waals surface area contributed by atoms with Gasteiger partial charge in [-0.25, -0.2) is 13.1 Å². The average Bonchev–Trinajstić information content (AvgIpc) is 2.80. The molecule has 7 heteroatoms. The fraction of sp³-hybridized carbons (Fsp3) is 0.429. The van der Waals surface area contributed by atoms with Gasteiger partial charge in [0.2, 0.25) is 15.9 Å². The summed E-state index contributed by atoms with van der Waals surface area (Å²) >= 11 is 0. The molecule has 0 bridgehead atoms. The van der Waals surface area contributed by atoms with Crippen LogP contribution in [-0.2, 0) is 21.4 Å². The molecule has 0 saturated carbocycles. The zero-order valence-electron chi connectivity index (χ0n) is 11.7. The number of benzene rings is 1. The SMILES string of the molecule is CCS(=O)(=O)N[C@H]1CCN(Cc2cccc(C#N)c2)C1=O. The lowest BCUT2D eigenvalue weighted by molar-refractivity contribution is -0.129. The van der Waals surface area contributed by atoms with Gasteiger partial charge in [-0.15, -0.1) is 0 Å². The van der Waals surface area contributed by atoms with E-state index in [9.17, 15) is 13.2 Å². The highest BCUT2D eigenvalue weighted by atomic mass is 32.2. The number of hydrogen-bond donors (Lipinski definition) is 1. The number of sulfonamides is 1. The molecule has 1 aliphatic heterocycles. The van der Waals surface area contributed by atoms with Crippen LogP contribution in [0.3, 0.4) is 0 Å². The Bertz CT molecular complexity index is 679. The Labute approximate surface area is 124 Å². The Kier molecular flexibility index (Phi) is 4.60. The number of nitrogens with one attached hydrogen (secondary N) is 1. The van der Waals surface area contributed by atoms with Crippen LogP contribution in [0.25, 0.3) is 0 Å². The van der Waals surface area contributed by atoms with Crippen molar-refractivity contribution in [3.05, 3.63) is 35.4 Å². The van der Waals surface area contributed by atoms with E-state index in [0.29, 0.717) is 25.1 Å². The van der Waals surface area contributed by atoms with Crippen molar-refractivity contribution in [2.24, 2.45) is 0 Å². The van der Waals surface area contributed by atoms with Gasteiger partial charge in [0.05, 0.1) is 17.4 Å². The minimum Gasteiger partial charge on any atom is -0.337 e. The first-order chi connectivity index (χ1) is 9.95. The number of amides is 1. The fourth-order valence-corrected chi connectivity index (χ4v) is 3.08. The number of nitriles is 1. The minimum absolute atomic E-state index is 0.0407. The molecule has 21 heavy (non-hydrogen) atoms. The van der Waals surface area contributed by atoms with Gasteiger partial charge in [-0.05, 0) is 31.0 Å². The van der Waals surface area contributed by atoms with Gasteiger partial charge in [0, 0.05) is 13.1 Å². The summed E-state index contributed by atoms with van der Waals surface area (Å²) in [6, 6.07) is 8.43. The second-order valence-corrected chi connectivity index (χ2v) is 6.98. The summed E-state index contributed by atoms with van der Waals surface area (Å²) < 4.78 is 25.5. The molecule has 6 nitrogen and oxygen atoms in total. The topological polar surface area (TPSA) is 90.3 Å². The summed E-state index contributed by atoms with van der Waals surface area (Å²) in [6.45, 7) is 2.43. The molecule has 1 amide bonds. The van der Waals surface area contributed by atoms with E-state index < -0.39 is 16.1 Å². The molecule has 1 aromatic carbocycles. The maximum absolute atomic E-state index is 12.2. The lowest BCUT2D eigenvalue weighted by Gasteiger charge is -2.17. The molecule has 1 fully saturated rings. The van der Waals surface area contributed by atoms with E-state index in [1.165, 1.54) is 6.92 Å². The van der Waals surface area contributed by atoms with Gasteiger partial charge < -0.3 is 4.90 Å². The van der Waals surface area contributed by atoms with Gasteiger partial charge in [0.25, 0.3) is 0 Å². The number of carbonyl (C=O) groups is 1.